The molecule has 0 aromatic carbocycles. The van der Waals surface area contributed by atoms with E-state index in [4.69, 9.17) is 5.73 Å². The minimum Gasteiger partial charge on any atom is -0.364 e. The van der Waals surface area contributed by atoms with E-state index in [0.717, 1.165) is 0 Å². The number of rotatable bonds is 4. The van der Waals surface area contributed by atoms with Crippen molar-refractivity contribution in [3.05, 3.63) is 15.0 Å². The number of nitrogens with zero attached hydrogens (tertiary/aromatic N) is 4. The van der Waals surface area contributed by atoms with Crippen molar-refractivity contribution in [1.82, 2.24) is 5.01 Å². The first kappa shape index (κ1) is 10.3. The molecule has 0 aliphatic rings. The van der Waals surface area contributed by atoms with E-state index in [1.54, 1.807) is 6.92 Å². The van der Waals surface area contributed by atoms with Crippen LogP contribution in [0.1, 0.15) is 13.3 Å². The van der Waals surface area contributed by atoms with Crippen molar-refractivity contribution in [2.75, 3.05) is 6.54 Å². The quantitative estimate of drug-likeness (QED) is 0.210. The van der Waals surface area contributed by atoms with Gasteiger partial charge in [-0.1, -0.05) is 17.0 Å². The first-order valence-electron chi connectivity index (χ1n) is 3.21. The molecule has 0 bridgehead atoms. The molecule has 0 radical (unpaired) electrons. The van der Waals surface area contributed by atoms with E-state index < -0.39 is 11.0 Å². The first-order chi connectivity index (χ1) is 5.63. The van der Waals surface area contributed by atoms with Crippen LogP contribution in [0.5, 0.6) is 0 Å². The number of nitrogens with two attached hydrogens (primary N) is 1. The van der Waals surface area contributed by atoms with Crippen LogP contribution >= 0.6 is 0 Å². The van der Waals surface area contributed by atoms with E-state index in [1.165, 1.54) is 0 Å². The smallest absolute Gasteiger partial charge is 0.281 e. The summed E-state index contributed by atoms with van der Waals surface area (Å²) in [5.41, 5.74) is 5.06. The van der Waals surface area contributed by atoms with Crippen LogP contribution in [-0.4, -0.2) is 22.5 Å². The molecule has 0 aromatic rings. The second kappa shape index (κ2) is 4.99. The topological polar surface area (TPSA) is 114 Å². The second-order valence-corrected chi connectivity index (χ2v) is 1.90. The number of guanidine groups is 1. The minimum absolute atomic E-state index is 0.0951. The van der Waals surface area contributed by atoms with Crippen LogP contribution < -0.4 is 5.73 Å². The van der Waals surface area contributed by atoms with Gasteiger partial charge >= 0.3 is 0 Å². The molecule has 0 atom stereocenters. The Kier molecular flexibility index (Phi) is 4.27. The summed E-state index contributed by atoms with van der Waals surface area (Å²) in [6.07, 6.45) is 0.524. The van der Waals surface area contributed by atoms with Gasteiger partial charge in [0, 0.05) is 0 Å². The van der Waals surface area contributed by atoms with Gasteiger partial charge in [-0.3, -0.25) is 0 Å². The SMILES string of the molecule is CCCN(/C(N)=N/N=O)[N+](=O)[O-]. The molecule has 12 heavy (non-hydrogen) atoms. The van der Waals surface area contributed by atoms with Gasteiger partial charge in [-0.25, -0.2) is 10.1 Å². The van der Waals surface area contributed by atoms with Crippen molar-refractivity contribution in [1.29, 1.82) is 0 Å². The standard InChI is InChI=1S/C4H9N5O3/c1-2-3-8(9(11)12)4(5)6-7-10/h2-3H2,1H3,(H2,5,6,10). The number of hydrazine groups is 1. The van der Waals surface area contributed by atoms with Gasteiger partial charge in [-0.2, -0.15) is 0 Å². The molecule has 2 N–H and O–H groups in total. The second-order valence-electron chi connectivity index (χ2n) is 1.90. The molecule has 0 saturated heterocycles. The van der Waals surface area contributed by atoms with Crippen LogP contribution in [0.15, 0.2) is 10.4 Å². The summed E-state index contributed by atoms with van der Waals surface area (Å²) in [5, 5.41) is 14.9. The predicted molar refractivity (Wildman–Crippen MR) is 41.4 cm³/mol. The lowest BCUT2D eigenvalue weighted by molar-refractivity contribution is -0.629. The summed E-state index contributed by atoms with van der Waals surface area (Å²) in [5.74, 6) is -0.503. The Labute approximate surface area is 68.1 Å². The molecule has 0 unspecified atom stereocenters. The van der Waals surface area contributed by atoms with E-state index in [9.17, 15) is 15.0 Å². The van der Waals surface area contributed by atoms with Gasteiger partial charge in [0.25, 0.3) is 5.96 Å². The van der Waals surface area contributed by atoms with Crippen LogP contribution in [0.3, 0.4) is 0 Å². The summed E-state index contributed by atoms with van der Waals surface area (Å²) >= 11 is 0. The average molecular weight is 175 g/mol. The van der Waals surface area contributed by atoms with Crippen molar-refractivity contribution >= 4 is 5.96 Å². The van der Waals surface area contributed by atoms with Gasteiger partial charge in [0.15, 0.2) is 5.03 Å². The van der Waals surface area contributed by atoms with E-state index in [0.29, 0.717) is 11.4 Å². The molecule has 8 heteroatoms. The lowest BCUT2D eigenvalue weighted by Gasteiger charge is -2.09. The third kappa shape index (κ3) is 2.90. The molecule has 0 amide bonds. The lowest BCUT2D eigenvalue weighted by atomic mass is 10.5. The maximum Gasteiger partial charge on any atom is 0.281 e. The number of nitroso groups, excluding NO2 is 1. The molecule has 0 fully saturated rings. The summed E-state index contributed by atoms with van der Waals surface area (Å²) in [6, 6.07) is 0. The van der Waals surface area contributed by atoms with Gasteiger partial charge in [0.05, 0.1) is 11.8 Å². The molecule has 0 aliphatic carbocycles. The van der Waals surface area contributed by atoms with E-state index in [-0.39, 0.29) is 6.54 Å². The highest BCUT2D eigenvalue weighted by Gasteiger charge is 2.17. The molecule has 0 heterocycles. The van der Waals surface area contributed by atoms with E-state index in [1.807, 2.05) is 0 Å². The molecular formula is C4H9N5O3. The summed E-state index contributed by atoms with van der Waals surface area (Å²) in [6.45, 7) is 1.83. The molecular weight excluding hydrogens is 166 g/mol. The zero-order valence-electron chi connectivity index (χ0n) is 6.51. The van der Waals surface area contributed by atoms with Crippen LogP contribution in [0.25, 0.3) is 0 Å². The predicted octanol–water partition coefficient (Wildman–Crippen LogP) is -0.114. The number of hydrogen-bond acceptors (Lipinski definition) is 4. The Balaban J connectivity index is 4.38. The first-order valence-corrected chi connectivity index (χ1v) is 3.21. The van der Waals surface area contributed by atoms with Gasteiger partial charge in [0.2, 0.25) is 0 Å². The minimum atomic E-state index is -0.743. The monoisotopic (exact) mass is 175 g/mol. The Hall–Kier alpha value is -1.73. The Morgan fingerprint density at radius 3 is 2.67 bits per heavy atom. The molecule has 0 rings (SSSR count). The average Bonchev–Trinajstić information content (AvgIpc) is 1.99. The van der Waals surface area contributed by atoms with Crippen LogP contribution in [0.4, 0.5) is 0 Å². The highest BCUT2D eigenvalue weighted by Crippen LogP contribution is 1.91. The third-order valence-electron chi connectivity index (χ3n) is 1.04. The maximum absolute atomic E-state index is 10.2. The van der Waals surface area contributed by atoms with Crippen molar-refractivity contribution in [3.63, 3.8) is 0 Å². The fourth-order valence-corrected chi connectivity index (χ4v) is 0.585. The van der Waals surface area contributed by atoms with Crippen molar-refractivity contribution in [2.45, 2.75) is 13.3 Å². The van der Waals surface area contributed by atoms with E-state index in [2.05, 4.69) is 10.4 Å². The molecule has 68 valence electrons. The van der Waals surface area contributed by atoms with E-state index >= 15 is 0 Å². The summed E-state index contributed by atoms with van der Waals surface area (Å²) in [7, 11) is 0. The molecule has 0 saturated carbocycles. The Morgan fingerprint density at radius 1 is 1.75 bits per heavy atom. The third-order valence-corrected chi connectivity index (χ3v) is 1.04. The molecule has 0 aromatic heterocycles. The largest absolute Gasteiger partial charge is 0.364 e. The Morgan fingerprint density at radius 2 is 2.33 bits per heavy atom. The highest BCUT2D eigenvalue weighted by atomic mass is 16.7. The maximum atomic E-state index is 10.2. The molecule has 0 spiro atoms. The Bertz CT molecular complexity index is 203. The number of hydrogen-bond donors (Lipinski definition) is 1. The zero-order valence-corrected chi connectivity index (χ0v) is 6.51. The summed E-state index contributed by atoms with van der Waals surface area (Å²) < 4.78 is 0. The van der Waals surface area contributed by atoms with Crippen LogP contribution in [0, 0.1) is 15.0 Å². The zero-order chi connectivity index (χ0) is 9.56. The lowest BCUT2D eigenvalue weighted by Crippen LogP contribution is -2.41. The van der Waals surface area contributed by atoms with Crippen LogP contribution in [0.2, 0.25) is 0 Å². The van der Waals surface area contributed by atoms with Crippen molar-refractivity contribution in [3.8, 4) is 0 Å². The molecule has 0 aliphatic heterocycles. The van der Waals surface area contributed by atoms with Gasteiger partial charge < -0.3 is 5.73 Å². The normalized spacial score (nSPS) is 10.9. The van der Waals surface area contributed by atoms with Crippen molar-refractivity contribution < 1.29 is 5.03 Å². The van der Waals surface area contributed by atoms with Crippen LogP contribution in [-0.2, 0) is 0 Å². The van der Waals surface area contributed by atoms with Gasteiger partial charge in [-0.15, -0.1) is 4.91 Å². The van der Waals surface area contributed by atoms with Gasteiger partial charge in [-0.05, 0) is 6.42 Å². The van der Waals surface area contributed by atoms with Crippen molar-refractivity contribution in [2.24, 2.45) is 16.1 Å². The fraction of sp³-hybridized carbons (Fsp3) is 0.750. The fourth-order valence-electron chi connectivity index (χ4n) is 0.585. The molecule has 8 nitrogen and oxygen atoms in total. The van der Waals surface area contributed by atoms with Gasteiger partial charge in [0.1, 0.15) is 0 Å². The highest BCUT2D eigenvalue weighted by molar-refractivity contribution is 5.76. The number of nitro groups is 1. The summed E-state index contributed by atoms with van der Waals surface area (Å²) in [4.78, 5) is 19.8.